The van der Waals surface area contributed by atoms with Gasteiger partial charge in [0.15, 0.2) is 0 Å². The monoisotopic (exact) mass is 246 g/mol. The van der Waals surface area contributed by atoms with Gasteiger partial charge >= 0.3 is 0 Å². The molecule has 100 valence electrons. The van der Waals surface area contributed by atoms with Crippen molar-refractivity contribution in [1.82, 2.24) is 4.90 Å². The van der Waals surface area contributed by atoms with Crippen LogP contribution in [0.5, 0.6) is 0 Å². The van der Waals surface area contributed by atoms with Crippen LogP contribution in [0.15, 0.2) is 30.3 Å². The summed E-state index contributed by atoms with van der Waals surface area (Å²) in [7, 11) is 0. The lowest BCUT2D eigenvalue weighted by Crippen LogP contribution is -2.29. The van der Waals surface area contributed by atoms with Crippen LogP contribution in [-0.2, 0) is 6.42 Å². The standard InChI is InChI=1S/C16H26N2/c17-12-6-14-18(16-10-11-16)13-5-4-9-15-7-2-1-3-8-15/h1-3,7-8,16H,4-6,9-14,17H2. The number of unbranched alkanes of at least 4 members (excludes halogenated alkanes) is 1. The topological polar surface area (TPSA) is 29.3 Å². The van der Waals surface area contributed by atoms with Crippen molar-refractivity contribution in [3.8, 4) is 0 Å². The van der Waals surface area contributed by atoms with Crippen molar-refractivity contribution in [3.05, 3.63) is 35.9 Å². The normalized spacial score (nSPS) is 15.2. The molecular weight excluding hydrogens is 220 g/mol. The van der Waals surface area contributed by atoms with Crippen molar-refractivity contribution >= 4 is 0 Å². The molecule has 0 saturated heterocycles. The Bertz CT molecular complexity index is 319. The van der Waals surface area contributed by atoms with Crippen molar-refractivity contribution in [2.24, 2.45) is 5.73 Å². The molecule has 0 amide bonds. The minimum atomic E-state index is 0.827. The fourth-order valence-corrected chi connectivity index (χ4v) is 2.50. The van der Waals surface area contributed by atoms with Gasteiger partial charge in [0, 0.05) is 6.04 Å². The average molecular weight is 246 g/mol. The molecule has 2 heteroatoms. The van der Waals surface area contributed by atoms with Crippen molar-refractivity contribution in [3.63, 3.8) is 0 Å². The average Bonchev–Trinajstić information content (AvgIpc) is 3.23. The lowest BCUT2D eigenvalue weighted by Gasteiger charge is -2.21. The van der Waals surface area contributed by atoms with Crippen molar-refractivity contribution < 1.29 is 0 Å². The van der Waals surface area contributed by atoms with Gasteiger partial charge in [0.05, 0.1) is 0 Å². The van der Waals surface area contributed by atoms with Gasteiger partial charge in [0.25, 0.3) is 0 Å². The van der Waals surface area contributed by atoms with Crippen LogP contribution in [0.25, 0.3) is 0 Å². The van der Waals surface area contributed by atoms with E-state index in [4.69, 9.17) is 5.73 Å². The fraction of sp³-hybridized carbons (Fsp3) is 0.625. The van der Waals surface area contributed by atoms with Crippen molar-refractivity contribution in [2.45, 2.75) is 44.6 Å². The van der Waals surface area contributed by atoms with Crippen molar-refractivity contribution in [2.75, 3.05) is 19.6 Å². The third kappa shape index (κ3) is 4.79. The largest absolute Gasteiger partial charge is 0.330 e. The van der Waals surface area contributed by atoms with Gasteiger partial charge in [0.2, 0.25) is 0 Å². The molecule has 2 N–H and O–H groups in total. The van der Waals surface area contributed by atoms with Crippen LogP contribution in [0.1, 0.15) is 37.7 Å². The molecule has 1 fully saturated rings. The number of nitrogens with two attached hydrogens (primary N) is 1. The minimum absolute atomic E-state index is 0.827. The minimum Gasteiger partial charge on any atom is -0.330 e. The molecule has 0 unspecified atom stereocenters. The van der Waals surface area contributed by atoms with E-state index in [0.717, 1.165) is 19.0 Å². The van der Waals surface area contributed by atoms with Crippen molar-refractivity contribution in [1.29, 1.82) is 0 Å². The second kappa shape index (κ2) is 7.55. The van der Waals surface area contributed by atoms with Crippen LogP contribution >= 0.6 is 0 Å². The summed E-state index contributed by atoms with van der Waals surface area (Å²) in [4.78, 5) is 2.65. The van der Waals surface area contributed by atoms with Gasteiger partial charge in [-0.05, 0) is 63.7 Å². The first-order valence-corrected chi connectivity index (χ1v) is 7.38. The van der Waals surface area contributed by atoms with E-state index in [2.05, 4.69) is 35.2 Å². The molecule has 1 aromatic carbocycles. The van der Waals surface area contributed by atoms with E-state index in [-0.39, 0.29) is 0 Å². The number of benzene rings is 1. The molecule has 0 spiro atoms. The molecule has 2 rings (SSSR count). The molecule has 0 atom stereocenters. The SMILES string of the molecule is NCCCN(CCCCc1ccccc1)C1CC1. The summed E-state index contributed by atoms with van der Waals surface area (Å²) in [5, 5.41) is 0. The summed E-state index contributed by atoms with van der Waals surface area (Å²) >= 11 is 0. The highest BCUT2D eigenvalue weighted by Crippen LogP contribution is 2.27. The maximum Gasteiger partial charge on any atom is 0.00964 e. The molecule has 0 radical (unpaired) electrons. The van der Waals surface area contributed by atoms with E-state index >= 15 is 0 Å². The molecule has 1 saturated carbocycles. The maximum absolute atomic E-state index is 5.60. The van der Waals surface area contributed by atoms with Gasteiger partial charge in [-0.3, -0.25) is 0 Å². The molecule has 0 bridgehead atoms. The zero-order valence-corrected chi connectivity index (χ0v) is 11.4. The zero-order chi connectivity index (χ0) is 12.6. The first kappa shape index (κ1) is 13.6. The second-order valence-electron chi connectivity index (χ2n) is 5.35. The lowest BCUT2D eigenvalue weighted by molar-refractivity contribution is 0.256. The summed E-state index contributed by atoms with van der Waals surface area (Å²) in [6.07, 6.45) is 7.80. The molecule has 0 heterocycles. The Balaban J connectivity index is 1.61. The highest BCUT2D eigenvalue weighted by atomic mass is 15.2. The molecule has 1 aromatic rings. The van der Waals surface area contributed by atoms with E-state index in [1.165, 1.54) is 50.8 Å². The number of aryl methyl sites for hydroxylation is 1. The number of rotatable bonds is 9. The Labute approximate surface area is 111 Å². The Morgan fingerprint density at radius 3 is 2.39 bits per heavy atom. The van der Waals surface area contributed by atoms with E-state index in [0.29, 0.717) is 0 Å². The van der Waals surface area contributed by atoms with E-state index in [9.17, 15) is 0 Å². The number of nitrogens with zero attached hydrogens (tertiary/aromatic N) is 1. The van der Waals surface area contributed by atoms with E-state index in [1.54, 1.807) is 0 Å². The molecule has 0 aliphatic heterocycles. The highest BCUT2D eigenvalue weighted by molar-refractivity contribution is 5.14. The highest BCUT2D eigenvalue weighted by Gasteiger charge is 2.27. The first-order chi connectivity index (χ1) is 8.90. The van der Waals surface area contributed by atoms with Gasteiger partial charge in [-0.1, -0.05) is 30.3 Å². The number of hydrogen-bond donors (Lipinski definition) is 1. The maximum atomic E-state index is 5.60. The molecule has 0 aromatic heterocycles. The molecular formula is C16H26N2. The Hall–Kier alpha value is -0.860. The van der Waals surface area contributed by atoms with Crippen LogP contribution in [0.2, 0.25) is 0 Å². The predicted octanol–water partition coefficient (Wildman–Crippen LogP) is 2.82. The quantitative estimate of drug-likeness (QED) is 0.679. The van der Waals surface area contributed by atoms with Crippen LogP contribution < -0.4 is 5.73 Å². The van der Waals surface area contributed by atoms with Gasteiger partial charge in [-0.2, -0.15) is 0 Å². The van der Waals surface area contributed by atoms with Crippen LogP contribution in [-0.4, -0.2) is 30.6 Å². The van der Waals surface area contributed by atoms with E-state index < -0.39 is 0 Å². The molecule has 1 aliphatic carbocycles. The zero-order valence-electron chi connectivity index (χ0n) is 11.4. The van der Waals surface area contributed by atoms with Crippen LogP contribution in [0.3, 0.4) is 0 Å². The third-order valence-corrected chi connectivity index (χ3v) is 3.72. The summed E-state index contributed by atoms with van der Waals surface area (Å²) in [5.41, 5.74) is 7.07. The number of hydrogen-bond acceptors (Lipinski definition) is 2. The Morgan fingerprint density at radius 1 is 1.00 bits per heavy atom. The predicted molar refractivity (Wildman–Crippen MR) is 77.6 cm³/mol. The van der Waals surface area contributed by atoms with Gasteiger partial charge < -0.3 is 10.6 Å². The summed E-state index contributed by atoms with van der Waals surface area (Å²) in [6.45, 7) is 3.29. The lowest BCUT2D eigenvalue weighted by atomic mass is 10.1. The summed E-state index contributed by atoms with van der Waals surface area (Å²) in [6, 6.07) is 11.7. The second-order valence-corrected chi connectivity index (χ2v) is 5.35. The first-order valence-electron chi connectivity index (χ1n) is 7.38. The smallest absolute Gasteiger partial charge is 0.00964 e. The van der Waals surface area contributed by atoms with Crippen LogP contribution in [0, 0.1) is 0 Å². The van der Waals surface area contributed by atoms with Gasteiger partial charge in [-0.25, -0.2) is 0 Å². The Kier molecular flexibility index (Phi) is 5.69. The summed E-state index contributed by atoms with van der Waals surface area (Å²) in [5.74, 6) is 0. The van der Waals surface area contributed by atoms with Crippen LogP contribution in [0.4, 0.5) is 0 Å². The molecule has 2 nitrogen and oxygen atoms in total. The Morgan fingerprint density at radius 2 is 1.72 bits per heavy atom. The fourth-order valence-electron chi connectivity index (χ4n) is 2.50. The molecule has 18 heavy (non-hydrogen) atoms. The van der Waals surface area contributed by atoms with Gasteiger partial charge in [0.1, 0.15) is 0 Å². The molecule has 1 aliphatic rings. The van der Waals surface area contributed by atoms with Gasteiger partial charge in [-0.15, -0.1) is 0 Å². The summed E-state index contributed by atoms with van der Waals surface area (Å²) < 4.78 is 0. The third-order valence-electron chi connectivity index (χ3n) is 3.72. The van der Waals surface area contributed by atoms with E-state index in [1.807, 2.05) is 0 Å².